The van der Waals surface area contributed by atoms with Crippen LogP contribution in [0.3, 0.4) is 0 Å². The third kappa shape index (κ3) is 2.47. The van der Waals surface area contributed by atoms with Gasteiger partial charge in [0.1, 0.15) is 5.60 Å². The number of aliphatic hydroxyl groups is 1. The van der Waals surface area contributed by atoms with Gasteiger partial charge in [0.2, 0.25) is 0 Å². The topological polar surface area (TPSA) is 46.5 Å². The summed E-state index contributed by atoms with van der Waals surface area (Å²) in [6.45, 7) is 5.71. The van der Waals surface area contributed by atoms with E-state index < -0.39 is 11.6 Å². The zero-order valence-electron chi connectivity index (χ0n) is 13.6. The lowest BCUT2D eigenvalue weighted by Gasteiger charge is -2.21. The van der Waals surface area contributed by atoms with Crippen LogP contribution in [-0.4, -0.2) is 17.7 Å². The third-order valence-electron chi connectivity index (χ3n) is 4.28. The van der Waals surface area contributed by atoms with Gasteiger partial charge in [-0.15, -0.1) is 0 Å². The molecule has 0 bridgehead atoms. The first kappa shape index (κ1) is 15.5. The lowest BCUT2D eigenvalue weighted by molar-refractivity contribution is -0.140. The van der Waals surface area contributed by atoms with E-state index in [2.05, 4.69) is 0 Å². The van der Waals surface area contributed by atoms with E-state index in [1.165, 1.54) is 0 Å². The van der Waals surface area contributed by atoms with Crippen molar-refractivity contribution >= 4 is 11.5 Å². The highest BCUT2D eigenvalue weighted by Gasteiger charge is 2.44. The highest BCUT2D eigenvalue weighted by atomic mass is 16.5. The van der Waals surface area contributed by atoms with Crippen LogP contribution in [0.4, 0.5) is 0 Å². The fourth-order valence-corrected chi connectivity index (χ4v) is 3.16. The molecule has 1 aliphatic rings. The summed E-state index contributed by atoms with van der Waals surface area (Å²) in [4.78, 5) is 12.5. The van der Waals surface area contributed by atoms with Crippen molar-refractivity contribution in [3.8, 4) is 0 Å². The van der Waals surface area contributed by atoms with Gasteiger partial charge in [0.05, 0.1) is 12.2 Å². The molecule has 1 aliphatic carbocycles. The molecule has 0 amide bonds. The minimum Gasteiger partial charge on any atom is -0.463 e. The average Bonchev–Trinajstić information content (AvgIpc) is 2.77. The molecule has 0 aromatic heterocycles. The van der Waals surface area contributed by atoms with Crippen LogP contribution in [0.1, 0.15) is 36.1 Å². The molecule has 0 heterocycles. The number of ether oxygens (including phenoxy) is 1. The molecular weight excluding hydrogens is 288 g/mol. The molecule has 2 aromatic rings. The van der Waals surface area contributed by atoms with Crippen LogP contribution in [0.5, 0.6) is 0 Å². The number of rotatable bonds is 3. The number of benzene rings is 2. The van der Waals surface area contributed by atoms with Crippen LogP contribution in [0.2, 0.25) is 0 Å². The van der Waals surface area contributed by atoms with Gasteiger partial charge in [-0.25, -0.2) is 4.79 Å². The Morgan fingerprint density at radius 2 is 1.78 bits per heavy atom. The fourth-order valence-electron chi connectivity index (χ4n) is 3.16. The van der Waals surface area contributed by atoms with Crippen molar-refractivity contribution in [2.24, 2.45) is 0 Å². The summed E-state index contributed by atoms with van der Waals surface area (Å²) in [5.41, 5.74) is 3.37. The summed E-state index contributed by atoms with van der Waals surface area (Å²) < 4.78 is 5.21. The second kappa shape index (κ2) is 5.67. The maximum absolute atomic E-state index is 12.5. The first-order valence-electron chi connectivity index (χ1n) is 7.78. The third-order valence-corrected chi connectivity index (χ3v) is 4.28. The molecule has 3 heteroatoms. The van der Waals surface area contributed by atoms with E-state index in [1.54, 1.807) is 13.8 Å². The quantitative estimate of drug-likeness (QED) is 0.882. The predicted octanol–water partition coefficient (Wildman–Crippen LogP) is 3.58. The van der Waals surface area contributed by atoms with E-state index >= 15 is 0 Å². The number of hydrogen-bond acceptors (Lipinski definition) is 3. The summed E-state index contributed by atoms with van der Waals surface area (Å²) in [5.74, 6) is -0.468. The molecule has 0 saturated carbocycles. The lowest BCUT2D eigenvalue weighted by atomic mass is 9.92. The second-order valence-electron chi connectivity index (χ2n) is 5.95. The summed E-state index contributed by atoms with van der Waals surface area (Å²) in [7, 11) is 0. The number of hydrogen-bond donors (Lipinski definition) is 1. The molecule has 1 unspecified atom stereocenters. The molecule has 0 radical (unpaired) electrons. The summed E-state index contributed by atoms with van der Waals surface area (Å²) >= 11 is 0. The Labute approximate surface area is 136 Å². The number of fused-ring (bicyclic) bond motifs is 1. The van der Waals surface area contributed by atoms with Crippen LogP contribution in [-0.2, 0) is 15.1 Å². The molecule has 118 valence electrons. The highest BCUT2D eigenvalue weighted by molar-refractivity contribution is 6.07. The van der Waals surface area contributed by atoms with Gasteiger partial charge in [-0.3, -0.25) is 0 Å². The minimum absolute atomic E-state index is 0.274. The number of carbonyl (C=O) groups excluding carboxylic acids is 1. The summed E-state index contributed by atoms with van der Waals surface area (Å²) in [6, 6.07) is 15.5. The molecule has 3 nitrogen and oxygen atoms in total. The van der Waals surface area contributed by atoms with Crippen molar-refractivity contribution in [1.29, 1.82) is 0 Å². The Morgan fingerprint density at radius 1 is 1.13 bits per heavy atom. The van der Waals surface area contributed by atoms with Gasteiger partial charge in [-0.1, -0.05) is 54.1 Å². The van der Waals surface area contributed by atoms with E-state index in [1.807, 2.05) is 55.5 Å². The van der Waals surface area contributed by atoms with E-state index in [9.17, 15) is 9.90 Å². The van der Waals surface area contributed by atoms with Gasteiger partial charge in [0.25, 0.3) is 0 Å². The first-order valence-corrected chi connectivity index (χ1v) is 7.78. The van der Waals surface area contributed by atoms with Crippen molar-refractivity contribution in [1.82, 2.24) is 0 Å². The molecule has 0 saturated heterocycles. The Balaban J connectivity index is 2.28. The van der Waals surface area contributed by atoms with E-state index in [4.69, 9.17) is 4.74 Å². The number of esters is 1. The van der Waals surface area contributed by atoms with Gasteiger partial charge in [-0.2, -0.15) is 0 Å². The van der Waals surface area contributed by atoms with Crippen LogP contribution >= 0.6 is 0 Å². The van der Waals surface area contributed by atoms with Crippen molar-refractivity contribution in [2.45, 2.75) is 26.4 Å². The lowest BCUT2D eigenvalue weighted by Crippen LogP contribution is -2.27. The van der Waals surface area contributed by atoms with E-state index in [-0.39, 0.29) is 6.61 Å². The van der Waals surface area contributed by atoms with Gasteiger partial charge in [0.15, 0.2) is 0 Å². The van der Waals surface area contributed by atoms with Crippen molar-refractivity contribution in [3.05, 3.63) is 76.4 Å². The summed E-state index contributed by atoms with van der Waals surface area (Å²) in [6.07, 6.45) is 0. The van der Waals surface area contributed by atoms with Gasteiger partial charge >= 0.3 is 5.97 Å². The van der Waals surface area contributed by atoms with Crippen LogP contribution in [0.15, 0.2) is 54.1 Å². The number of aryl methyl sites for hydroxylation is 1. The van der Waals surface area contributed by atoms with Crippen molar-refractivity contribution < 1.29 is 14.6 Å². The molecular formula is C20H20O3. The maximum atomic E-state index is 12.5. The van der Waals surface area contributed by atoms with Crippen molar-refractivity contribution in [3.63, 3.8) is 0 Å². The molecule has 1 N–H and O–H groups in total. The molecule has 0 fully saturated rings. The molecule has 2 aromatic carbocycles. The zero-order chi connectivity index (χ0) is 16.6. The largest absolute Gasteiger partial charge is 0.463 e. The Kier molecular flexibility index (Phi) is 3.82. The van der Waals surface area contributed by atoms with Crippen LogP contribution in [0.25, 0.3) is 5.57 Å². The zero-order valence-corrected chi connectivity index (χ0v) is 13.6. The van der Waals surface area contributed by atoms with Gasteiger partial charge in [0, 0.05) is 5.57 Å². The Morgan fingerprint density at radius 3 is 2.43 bits per heavy atom. The smallest absolute Gasteiger partial charge is 0.337 e. The van der Waals surface area contributed by atoms with Gasteiger partial charge in [-0.05, 0) is 37.5 Å². The maximum Gasteiger partial charge on any atom is 0.337 e. The van der Waals surface area contributed by atoms with Gasteiger partial charge < -0.3 is 9.84 Å². The normalized spacial score (nSPS) is 19.7. The molecule has 3 rings (SSSR count). The highest BCUT2D eigenvalue weighted by Crippen LogP contribution is 2.47. The standard InChI is InChI=1S/C20H20O3/c1-4-23-19(21)18-17(14-11-9-13(2)10-12-14)15-7-5-6-8-16(15)20(18,3)22/h5-12,22H,4H2,1-3H3. The van der Waals surface area contributed by atoms with Crippen molar-refractivity contribution in [2.75, 3.05) is 6.61 Å². The SMILES string of the molecule is CCOC(=O)C1=C(c2ccc(C)cc2)c2ccccc2C1(C)O. The monoisotopic (exact) mass is 308 g/mol. The Hall–Kier alpha value is -2.39. The molecule has 1 atom stereocenters. The van der Waals surface area contributed by atoms with Crippen LogP contribution < -0.4 is 0 Å². The minimum atomic E-state index is -1.36. The fraction of sp³-hybridized carbons (Fsp3) is 0.250. The predicted molar refractivity (Wildman–Crippen MR) is 89.8 cm³/mol. The van der Waals surface area contributed by atoms with E-state index in [0.717, 1.165) is 27.8 Å². The average molecular weight is 308 g/mol. The second-order valence-corrected chi connectivity index (χ2v) is 5.95. The molecule has 0 aliphatic heterocycles. The van der Waals surface area contributed by atoms with E-state index in [0.29, 0.717) is 5.57 Å². The number of carbonyl (C=O) groups is 1. The molecule has 23 heavy (non-hydrogen) atoms. The Bertz CT molecular complexity index is 783. The summed E-state index contributed by atoms with van der Waals surface area (Å²) in [5, 5.41) is 11.0. The van der Waals surface area contributed by atoms with Crippen LogP contribution in [0, 0.1) is 6.92 Å². The molecule has 0 spiro atoms. The first-order chi connectivity index (χ1) is 11.0.